The topological polar surface area (TPSA) is 26.3 Å². The summed E-state index contributed by atoms with van der Waals surface area (Å²) in [5.41, 5.74) is 1.21. The van der Waals surface area contributed by atoms with Crippen LogP contribution in [0, 0.1) is 0 Å². The van der Waals surface area contributed by atoms with Crippen molar-refractivity contribution in [1.29, 1.82) is 0 Å². The first-order valence-corrected chi connectivity index (χ1v) is 13.2. The summed E-state index contributed by atoms with van der Waals surface area (Å²) in [7, 11) is 0. The molecule has 0 aliphatic carbocycles. The number of hydrogen-bond acceptors (Lipinski definition) is 2. The van der Waals surface area contributed by atoms with E-state index in [2.05, 4.69) is 84.9 Å². The lowest BCUT2D eigenvalue weighted by molar-refractivity contribution is -0.134. The summed E-state index contributed by atoms with van der Waals surface area (Å²) in [4.78, 5) is 13.7. The third-order valence-corrected chi connectivity index (χ3v) is 10.3. The Balaban J connectivity index is 2.09. The van der Waals surface area contributed by atoms with Gasteiger partial charge in [0, 0.05) is 5.29 Å². The molecule has 33 heavy (non-hydrogen) atoms. The maximum atomic E-state index is 13.7. The molecule has 166 valence electrons. The second-order valence-electron chi connectivity index (χ2n) is 7.83. The number of aryl methyl sites for hydroxylation is 1. The first kappa shape index (κ1) is 22.8. The minimum Gasteiger partial charge on any atom is -0.463 e. The van der Waals surface area contributed by atoms with Gasteiger partial charge in [-0.1, -0.05) is 121 Å². The van der Waals surface area contributed by atoms with Gasteiger partial charge in [-0.2, -0.15) is 0 Å². The number of ether oxygens (including phenoxy) is 1. The lowest BCUT2D eigenvalue weighted by Crippen LogP contribution is -2.34. The molecular weight excluding hydrogens is 423 g/mol. The van der Waals surface area contributed by atoms with Crippen LogP contribution in [-0.4, -0.2) is 17.9 Å². The van der Waals surface area contributed by atoms with Crippen molar-refractivity contribution in [2.45, 2.75) is 19.8 Å². The molecule has 4 aromatic rings. The van der Waals surface area contributed by atoms with Crippen LogP contribution < -0.4 is 15.9 Å². The van der Waals surface area contributed by atoms with E-state index in [-0.39, 0.29) is 5.97 Å². The fraction of sp³-hybridized carbons (Fsp3) is 0.133. The highest BCUT2D eigenvalue weighted by atomic mass is 31.2. The van der Waals surface area contributed by atoms with Crippen molar-refractivity contribution < 1.29 is 9.53 Å². The van der Waals surface area contributed by atoms with Crippen LogP contribution in [0.1, 0.15) is 18.9 Å². The van der Waals surface area contributed by atoms with Gasteiger partial charge in [0.05, 0.1) is 6.61 Å². The highest BCUT2D eigenvalue weighted by Crippen LogP contribution is 2.47. The van der Waals surface area contributed by atoms with Crippen LogP contribution >= 0.6 is 6.89 Å². The van der Waals surface area contributed by atoms with Gasteiger partial charge in [0.2, 0.25) is 0 Å². The van der Waals surface area contributed by atoms with Gasteiger partial charge in [-0.05, 0) is 48.1 Å². The first-order chi connectivity index (χ1) is 16.3. The van der Waals surface area contributed by atoms with E-state index in [1.807, 2.05) is 43.3 Å². The Kier molecular flexibility index (Phi) is 7.60. The standard InChI is InChI=1S/C30H29O2P/c1-2-32-30(31)29(24-23-25-15-7-3-8-16-25)33(26-17-9-4-10-18-26,27-19-11-5-12-20-27)28-21-13-6-14-22-28/h3-22H,2,23-24H2,1H3. The molecule has 0 amide bonds. The van der Waals surface area contributed by atoms with Crippen molar-refractivity contribution in [3.05, 3.63) is 127 Å². The van der Waals surface area contributed by atoms with Gasteiger partial charge in [0.15, 0.2) is 0 Å². The normalized spacial score (nSPS) is 11.1. The van der Waals surface area contributed by atoms with Crippen LogP contribution in [0.2, 0.25) is 0 Å². The SMILES string of the molecule is CCOC(=O)C(CCc1ccccc1)=P(c1ccccc1)(c1ccccc1)c1ccccc1. The minimum atomic E-state index is -2.44. The molecule has 0 radical (unpaired) electrons. The fourth-order valence-corrected chi connectivity index (χ4v) is 8.87. The van der Waals surface area contributed by atoms with Crippen molar-refractivity contribution in [2.75, 3.05) is 6.61 Å². The summed E-state index contributed by atoms with van der Waals surface area (Å²) in [6.45, 7) is -0.215. The maximum absolute atomic E-state index is 13.7. The van der Waals surface area contributed by atoms with Crippen LogP contribution in [0.25, 0.3) is 0 Å². The van der Waals surface area contributed by atoms with Gasteiger partial charge < -0.3 is 4.74 Å². The van der Waals surface area contributed by atoms with E-state index in [9.17, 15) is 4.79 Å². The largest absolute Gasteiger partial charge is 0.463 e. The number of carbonyl (C=O) groups is 1. The summed E-state index contributed by atoms with van der Waals surface area (Å²) in [6.07, 6.45) is 1.42. The molecule has 4 rings (SSSR count). The van der Waals surface area contributed by atoms with Crippen molar-refractivity contribution in [3.8, 4) is 0 Å². The average Bonchev–Trinajstić information content (AvgIpc) is 2.89. The molecular formula is C30H29O2P. The van der Waals surface area contributed by atoms with E-state index >= 15 is 0 Å². The summed E-state index contributed by atoms with van der Waals surface area (Å²) >= 11 is 0. The molecule has 0 unspecified atom stereocenters. The molecule has 4 aromatic carbocycles. The second-order valence-corrected chi connectivity index (χ2v) is 11.3. The number of esters is 1. The molecule has 0 aromatic heterocycles. The van der Waals surface area contributed by atoms with E-state index < -0.39 is 6.89 Å². The summed E-state index contributed by atoms with van der Waals surface area (Å²) in [5, 5.41) is 4.35. The lowest BCUT2D eigenvalue weighted by Gasteiger charge is -2.32. The quantitative estimate of drug-likeness (QED) is 0.266. The minimum absolute atomic E-state index is 0.196. The molecule has 0 bridgehead atoms. The molecule has 0 saturated carbocycles. The molecule has 0 aliphatic heterocycles. The van der Waals surface area contributed by atoms with E-state index in [4.69, 9.17) is 4.74 Å². The zero-order valence-electron chi connectivity index (χ0n) is 18.9. The molecule has 0 aliphatic rings. The third kappa shape index (κ3) is 4.87. The molecule has 0 heterocycles. The van der Waals surface area contributed by atoms with E-state index in [1.54, 1.807) is 0 Å². The Hall–Kier alpha value is -3.35. The zero-order chi connectivity index (χ0) is 22.9. The average molecular weight is 453 g/mol. The first-order valence-electron chi connectivity index (χ1n) is 11.4. The lowest BCUT2D eigenvalue weighted by atomic mass is 10.1. The van der Waals surface area contributed by atoms with Crippen LogP contribution in [0.5, 0.6) is 0 Å². The number of carbonyl (C=O) groups excluding carboxylic acids is 1. The fourth-order valence-electron chi connectivity index (χ4n) is 4.40. The predicted molar refractivity (Wildman–Crippen MR) is 142 cm³/mol. The van der Waals surface area contributed by atoms with Crippen molar-refractivity contribution >= 4 is 34.1 Å². The smallest absolute Gasteiger partial charge is 0.335 e. The van der Waals surface area contributed by atoms with Crippen LogP contribution in [0.4, 0.5) is 0 Å². The Morgan fingerprint density at radius 1 is 0.636 bits per heavy atom. The number of rotatable bonds is 8. The van der Waals surface area contributed by atoms with Gasteiger partial charge in [0.1, 0.15) is 0 Å². The van der Waals surface area contributed by atoms with E-state index in [0.717, 1.165) is 11.7 Å². The van der Waals surface area contributed by atoms with Crippen molar-refractivity contribution in [1.82, 2.24) is 0 Å². The molecule has 3 heteroatoms. The molecule has 0 atom stereocenters. The third-order valence-electron chi connectivity index (χ3n) is 5.84. The van der Waals surface area contributed by atoms with Gasteiger partial charge in [-0.3, -0.25) is 0 Å². The Labute approximate surface area is 196 Å². The maximum Gasteiger partial charge on any atom is 0.335 e. The highest BCUT2D eigenvalue weighted by Gasteiger charge is 2.33. The zero-order valence-corrected chi connectivity index (χ0v) is 19.8. The molecule has 0 spiro atoms. The van der Waals surface area contributed by atoms with Crippen molar-refractivity contribution in [3.63, 3.8) is 0 Å². The van der Waals surface area contributed by atoms with Gasteiger partial charge in [-0.25, -0.2) is 4.79 Å². The monoisotopic (exact) mass is 452 g/mol. The highest BCUT2D eigenvalue weighted by molar-refractivity contribution is 7.96. The summed E-state index contributed by atoms with van der Waals surface area (Å²) in [5.74, 6) is -0.196. The molecule has 0 fully saturated rings. The van der Waals surface area contributed by atoms with Gasteiger partial charge >= 0.3 is 5.97 Å². The molecule has 2 nitrogen and oxygen atoms in total. The van der Waals surface area contributed by atoms with Crippen molar-refractivity contribution in [2.24, 2.45) is 0 Å². The Morgan fingerprint density at radius 3 is 1.42 bits per heavy atom. The van der Waals surface area contributed by atoms with Crippen LogP contribution in [-0.2, 0) is 16.0 Å². The van der Waals surface area contributed by atoms with Gasteiger partial charge in [-0.15, -0.1) is 0 Å². The van der Waals surface area contributed by atoms with Gasteiger partial charge in [0.25, 0.3) is 0 Å². The van der Waals surface area contributed by atoms with E-state index in [0.29, 0.717) is 13.0 Å². The summed E-state index contributed by atoms with van der Waals surface area (Å²) in [6, 6.07) is 41.8. The number of benzene rings is 4. The number of hydrogen-bond donors (Lipinski definition) is 0. The second kappa shape index (κ2) is 11.0. The van der Waals surface area contributed by atoms with Crippen LogP contribution in [0.3, 0.4) is 0 Å². The summed E-state index contributed by atoms with van der Waals surface area (Å²) < 4.78 is 5.71. The Bertz CT molecular complexity index is 1110. The predicted octanol–water partition coefficient (Wildman–Crippen LogP) is 5.35. The molecule has 0 N–H and O–H groups in total. The van der Waals surface area contributed by atoms with Crippen LogP contribution in [0.15, 0.2) is 121 Å². The molecule has 0 saturated heterocycles. The Morgan fingerprint density at radius 2 is 1.03 bits per heavy atom. The van der Waals surface area contributed by atoms with E-state index in [1.165, 1.54) is 21.5 Å².